The highest BCUT2D eigenvalue weighted by molar-refractivity contribution is 6.30. The number of benzene rings is 2. The van der Waals surface area contributed by atoms with E-state index in [1.807, 2.05) is 30.3 Å². The van der Waals surface area contributed by atoms with Crippen LogP contribution in [-0.4, -0.2) is 26.8 Å². The molecule has 128 valence electrons. The van der Waals surface area contributed by atoms with E-state index in [0.717, 1.165) is 22.6 Å². The zero-order chi connectivity index (χ0) is 17.4. The first-order chi connectivity index (χ1) is 11.6. The van der Waals surface area contributed by atoms with Crippen molar-refractivity contribution in [1.29, 1.82) is 0 Å². The molecule has 0 radical (unpaired) electrons. The van der Waals surface area contributed by atoms with Gasteiger partial charge in [-0.25, -0.2) is 4.79 Å². The van der Waals surface area contributed by atoms with Gasteiger partial charge in [-0.15, -0.1) is 0 Å². The summed E-state index contributed by atoms with van der Waals surface area (Å²) in [6.07, 6.45) is 0.648. The molecule has 0 heterocycles. The summed E-state index contributed by atoms with van der Waals surface area (Å²) in [6, 6.07) is 12.7. The summed E-state index contributed by atoms with van der Waals surface area (Å²) in [5.74, 6) is 1.54. The lowest BCUT2D eigenvalue weighted by atomic mass is 10.1. The second-order valence-electron chi connectivity index (χ2n) is 5.16. The largest absolute Gasteiger partial charge is 0.497 e. The number of methoxy groups -OCH3 is 2. The van der Waals surface area contributed by atoms with Crippen LogP contribution in [0.5, 0.6) is 11.5 Å². The molecule has 0 aliphatic carbocycles. The van der Waals surface area contributed by atoms with Crippen LogP contribution < -0.4 is 20.1 Å². The fraction of sp³-hybridized carbons (Fsp3) is 0.278. The third-order valence-corrected chi connectivity index (χ3v) is 3.79. The Labute approximate surface area is 146 Å². The zero-order valence-corrected chi connectivity index (χ0v) is 14.5. The number of hydrogen-bond acceptors (Lipinski definition) is 3. The van der Waals surface area contributed by atoms with Gasteiger partial charge in [0, 0.05) is 18.1 Å². The van der Waals surface area contributed by atoms with Crippen LogP contribution in [-0.2, 0) is 13.0 Å². The average Bonchev–Trinajstić information content (AvgIpc) is 2.61. The fourth-order valence-electron chi connectivity index (χ4n) is 2.24. The number of nitrogens with one attached hydrogen (secondary N) is 2. The molecule has 6 heteroatoms. The SMILES string of the molecule is COc1ccc(OC)c(CCNC(=O)NCc2ccc(Cl)cc2)c1. The molecular formula is C18H21ClN2O3. The Balaban J connectivity index is 1.79. The van der Waals surface area contributed by atoms with Crippen LogP contribution in [0.3, 0.4) is 0 Å². The first-order valence-electron chi connectivity index (χ1n) is 7.59. The molecule has 0 aromatic heterocycles. The monoisotopic (exact) mass is 348 g/mol. The maximum absolute atomic E-state index is 11.8. The first kappa shape index (κ1) is 17.9. The van der Waals surface area contributed by atoms with Crippen LogP contribution in [0, 0.1) is 0 Å². The van der Waals surface area contributed by atoms with Crippen LogP contribution in [0.25, 0.3) is 0 Å². The summed E-state index contributed by atoms with van der Waals surface area (Å²) < 4.78 is 10.5. The normalized spacial score (nSPS) is 10.1. The van der Waals surface area contributed by atoms with Crippen LogP contribution >= 0.6 is 11.6 Å². The number of hydrogen-bond donors (Lipinski definition) is 2. The minimum Gasteiger partial charge on any atom is -0.497 e. The number of rotatable bonds is 7. The summed E-state index contributed by atoms with van der Waals surface area (Å²) >= 11 is 5.83. The van der Waals surface area contributed by atoms with Crippen molar-refractivity contribution < 1.29 is 14.3 Å². The van der Waals surface area contributed by atoms with E-state index in [0.29, 0.717) is 24.5 Å². The zero-order valence-electron chi connectivity index (χ0n) is 13.8. The summed E-state index contributed by atoms with van der Waals surface area (Å²) in [5.41, 5.74) is 1.97. The Hall–Kier alpha value is -2.40. The van der Waals surface area contributed by atoms with Crippen LogP contribution in [0.1, 0.15) is 11.1 Å². The van der Waals surface area contributed by atoms with Gasteiger partial charge >= 0.3 is 6.03 Å². The van der Waals surface area contributed by atoms with Crippen molar-refractivity contribution in [3.05, 3.63) is 58.6 Å². The molecule has 0 saturated heterocycles. The predicted molar refractivity (Wildman–Crippen MR) is 94.9 cm³/mol. The Bertz CT molecular complexity index is 674. The van der Waals surface area contributed by atoms with Crippen molar-refractivity contribution in [3.8, 4) is 11.5 Å². The van der Waals surface area contributed by atoms with E-state index in [2.05, 4.69) is 10.6 Å². The number of carbonyl (C=O) groups excluding carboxylic acids is 1. The number of halogens is 1. The lowest BCUT2D eigenvalue weighted by Gasteiger charge is -2.11. The van der Waals surface area contributed by atoms with Crippen molar-refractivity contribution in [2.24, 2.45) is 0 Å². The first-order valence-corrected chi connectivity index (χ1v) is 7.97. The molecule has 24 heavy (non-hydrogen) atoms. The van der Waals surface area contributed by atoms with Gasteiger partial charge in [0.15, 0.2) is 0 Å². The number of urea groups is 1. The molecule has 2 rings (SSSR count). The molecule has 0 unspecified atom stereocenters. The highest BCUT2D eigenvalue weighted by atomic mass is 35.5. The summed E-state index contributed by atoms with van der Waals surface area (Å²) in [5, 5.41) is 6.31. The van der Waals surface area contributed by atoms with Gasteiger partial charge < -0.3 is 20.1 Å². The maximum Gasteiger partial charge on any atom is 0.315 e. The van der Waals surface area contributed by atoms with E-state index in [1.165, 1.54) is 0 Å². The van der Waals surface area contributed by atoms with Gasteiger partial charge in [-0.1, -0.05) is 23.7 Å². The van der Waals surface area contributed by atoms with Gasteiger partial charge in [0.05, 0.1) is 14.2 Å². The summed E-state index contributed by atoms with van der Waals surface area (Å²) in [7, 11) is 3.24. The van der Waals surface area contributed by atoms with Gasteiger partial charge in [-0.2, -0.15) is 0 Å². The third-order valence-electron chi connectivity index (χ3n) is 3.53. The number of amides is 2. The van der Waals surface area contributed by atoms with Gasteiger partial charge in [-0.05, 0) is 47.9 Å². The van der Waals surface area contributed by atoms with Crippen molar-refractivity contribution in [3.63, 3.8) is 0 Å². The third kappa shape index (κ3) is 5.35. The molecule has 2 N–H and O–H groups in total. The van der Waals surface area contributed by atoms with E-state index in [-0.39, 0.29) is 6.03 Å². The molecule has 0 saturated carbocycles. The molecule has 0 aliphatic rings. The Morgan fingerprint density at radius 2 is 1.79 bits per heavy atom. The Kier molecular flexibility index (Phi) is 6.75. The molecule has 2 aromatic rings. The highest BCUT2D eigenvalue weighted by Gasteiger charge is 2.06. The fourth-order valence-corrected chi connectivity index (χ4v) is 2.36. The number of carbonyl (C=O) groups is 1. The molecule has 2 amide bonds. The maximum atomic E-state index is 11.8. The quantitative estimate of drug-likeness (QED) is 0.806. The lowest BCUT2D eigenvalue weighted by molar-refractivity contribution is 0.240. The van der Waals surface area contributed by atoms with E-state index in [9.17, 15) is 4.79 Å². The van der Waals surface area contributed by atoms with Crippen molar-refractivity contribution in [1.82, 2.24) is 10.6 Å². The van der Waals surface area contributed by atoms with Crippen molar-refractivity contribution in [2.75, 3.05) is 20.8 Å². The minimum atomic E-state index is -0.216. The molecule has 0 fully saturated rings. The number of ether oxygens (including phenoxy) is 2. The molecule has 5 nitrogen and oxygen atoms in total. The Morgan fingerprint density at radius 3 is 2.46 bits per heavy atom. The molecule has 0 aliphatic heterocycles. The molecule has 2 aromatic carbocycles. The minimum absolute atomic E-state index is 0.216. The van der Waals surface area contributed by atoms with Crippen molar-refractivity contribution in [2.45, 2.75) is 13.0 Å². The van der Waals surface area contributed by atoms with Gasteiger partial charge in [0.1, 0.15) is 11.5 Å². The highest BCUT2D eigenvalue weighted by Crippen LogP contribution is 2.24. The van der Waals surface area contributed by atoms with E-state index < -0.39 is 0 Å². The van der Waals surface area contributed by atoms with E-state index >= 15 is 0 Å². The Morgan fingerprint density at radius 1 is 1.04 bits per heavy atom. The van der Waals surface area contributed by atoms with Gasteiger partial charge in [-0.3, -0.25) is 0 Å². The topological polar surface area (TPSA) is 59.6 Å². The summed E-state index contributed by atoms with van der Waals surface area (Å²) in [4.78, 5) is 11.8. The van der Waals surface area contributed by atoms with Crippen LogP contribution in [0.4, 0.5) is 4.79 Å². The van der Waals surface area contributed by atoms with Crippen LogP contribution in [0.2, 0.25) is 5.02 Å². The lowest BCUT2D eigenvalue weighted by Crippen LogP contribution is -2.36. The molecule has 0 spiro atoms. The van der Waals surface area contributed by atoms with Gasteiger partial charge in [0.25, 0.3) is 0 Å². The second-order valence-corrected chi connectivity index (χ2v) is 5.60. The van der Waals surface area contributed by atoms with Gasteiger partial charge in [0.2, 0.25) is 0 Å². The molecule has 0 atom stereocenters. The molecular weight excluding hydrogens is 328 g/mol. The average molecular weight is 349 g/mol. The van der Waals surface area contributed by atoms with E-state index in [4.69, 9.17) is 21.1 Å². The standard InChI is InChI=1S/C18H21ClN2O3/c1-23-16-7-8-17(24-2)14(11-16)9-10-20-18(22)21-12-13-3-5-15(19)6-4-13/h3-8,11H,9-10,12H2,1-2H3,(H2,20,21,22). The van der Waals surface area contributed by atoms with Crippen molar-refractivity contribution >= 4 is 17.6 Å². The van der Waals surface area contributed by atoms with E-state index in [1.54, 1.807) is 26.4 Å². The molecule has 0 bridgehead atoms. The smallest absolute Gasteiger partial charge is 0.315 e. The predicted octanol–water partition coefficient (Wildman–Crippen LogP) is 3.40. The second kappa shape index (κ2) is 9.03. The summed E-state index contributed by atoms with van der Waals surface area (Å²) in [6.45, 7) is 0.946. The van der Waals surface area contributed by atoms with Crippen LogP contribution in [0.15, 0.2) is 42.5 Å².